The van der Waals surface area contributed by atoms with Crippen molar-refractivity contribution < 1.29 is 18.0 Å². The number of aromatic nitrogens is 1. The Morgan fingerprint density at radius 3 is 2.60 bits per heavy atom. The summed E-state index contributed by atoms with van der Waals surface area (Å²) in [6, 6.07) is 13.9. The number of hydrogen-bond donors (Lipinski definition) is 2. The second kappa shape index (κ2) is 10.1. The van der Waals surface area contributed by atoms with Crippen molar-refractivity contribution >= 4 is 44.8 Å². The maximum Gasteiger partial charge on any atom is 0.265 e. The van der Waals surface area contributed by atoms with Gasteiger partial charge in [-0.15, -0.1) is 0 Å². The van der Waals surface area contributed by atoms with E-state index in [4.69, 9.17) is 11.6 Å². The summed E-state index contributed by atoms with van der Waals surface area (Å²) < 4.78 is 28.9. The molecule has 1 aliphatic rings. The first-order chi connectivity index (χ1) is 16.7. The fourth-order valence-corrected chi connectivity index (χ4v) is 6.14. The topological polar surface area (TPSA) is 108 Å². The molecule has 1 atom stereocenters. The van der Waals surface area contributed by atoms with E-state index in [1.165, 1.54) is 6.07 Å². The van der Waals surface area contributed by atoms with Gasteiger partial charge in [-0.3, -0.25) is 18.9 Å². The van der Waals surface area contributed by atoms with Gasteiger partial charge in [0.2, 0.25) is 11.8 Å². The molecule has 0 spiro atoms. The highest BCUT2D eigenvalue weighted by atomic mass is 35.5. The van der Waals surface area contributed by atoms with Gasteiger partial charge in [0.15, 0.2) is 0 Å². The van der Waals surface area contributed by atoms with Gasteiger partial charge in [0.05, 0.1) is 22.7 Å². The second-order valence-corrected chi connectivity index (χ2v) is 10.5. The molecule has 2 heterocycles. The van der Waals surface area contributed by atoms with Crippen LogP contribution in [0, 0.1) is 13.8 Å². The Balaban J connectivity index is 1.65. The number of carbonyl (C=O) groups is 2. The Labute approximate surface area is 209 Å². The molecule has 4 rings (SSSR count). The van der Waals surface area contributed by atoms with Crippen LogP contribution < -0.4 is 14.9 Å². The lowest BCUT2D eigenvalue weighted by Crippen LogP contribution is -2.53. The van der Waals surface area contributed by atoms with Crippen LogP contribution in [0.4, 0.5) is 11.4 Å². The minimum absolute atomic E-state index is 0.0319. The summed E-state index contributed by atoms with van der Waals surface area (Å²) >= 11 is 6.19. The van der Waals surface area contributed by atoms with Crippen molar-refractivity contribution in [1.82, 2.24) is 10.3 Å². The van der Waals surface area contributed by atoms with Gasteiger partial charge >= 0.3 is 0 Å². The van der Waals surface area contributed by atoms with Crippen LogP contribution in [0.2, 0.25) is 5.02 Å². The van der Waals surface area contributed by atoms with Crippen molar-refractivity contribution in [2.45, 2.75) is 37.6 Å². The number of aryl methyl sites for hydroxylation is 2. The molecule has 2 N–H and O–H groups in total. The molecule has 0 saturated heterocycles. The number of sulfonamides is 1. The Morgan fingerprint density at radius 1 is 1.11 bits per heavy atom. The molecule has 0 bridgehead atoms. The highest BCUT2D eigenvalue weighted by Gasteiger charge is 2.42. The first-order valence-electron chi connectivity index (χ1n) is 11.1. The smallest absolute Gasteiger partial charge is 0.265 e. The third-order valence-electron chi connectivity index (χ3n) is 5.79. The molecule has 0 radical (unpaired) electrons. The summed E-state index contributed by atoms with van der Waals surface area (Å²) in [5.74, 6) is -1.01. The molecule has 182 valence electrons. The molecule has 2 aromatic carbocycles. The standard InChI is InChI=1S/C25H25ClN4O4S/c1-16-14-23(17(2)13-19(16)26)35(33,34)30-21-9-4-3-8-20(21)29-25(32)22(30)15-24(31)28-12-10-18-7-5-6-11-27-18/h3-9,11,13-14,22H,10,12,15H2,1-2H3,(H,28,31)(H,29,32). The van der Waals surface area contributed by atoms with E-state index < -0.39 is 27.9 Å². The molecule has 2 amide bonds. The summed E-state index contributed by atoms with van der Waals surface area (Å²) in [6.45, 7) is 3.67. The van der Waals surface area contributed by atoms with Crippen LogP contribution in [0.3, 0.4) is 0 Å². The van der Waals surface area contributed by atoms with Crippen LogP contribution in [0.25, 0.3) is 0 Å². The Kier molecular flexibility index (Phi) is 7.09. The number of benzene rings is 2. The van der Waals surface area contributed by atoms with Crippen molar-refractivity contribution in [3.05, 3.63) is 82.6 Å². The fourth-order valence-electron chi connectivity index (χ4n) is 4.00. The number of nitrogens with zero attached hydrogens (tertiary/aromatic N) is 2. The van der Waals surface area contributed by atoms with Crippen molar-refractivity contribution in [3.63, 3.8) is 0 Å². The van der Waals surface area contributed by atoms with E-state index in [1.54, 1.807) is 56.4 Å². The highest BCUT2D eigenvalue weighted by molar-refractivity contribution is 7.93. The maximum atomic E-state index is 13.9. The first-order valence-corrected chi connectivity index (χ1v) is 12.9. The maximum absolute atomic E-state index is 13.9. The zero-order valence-electron chi connectivity index (χ0n) is 19.3. The summed E-state index contributed by atoms with van der Waals surface area (Å²) in [7, 11) is -4.21. The molecular formula is C25H25ClN4O4S. The lowest BCUT2D eigenvalue weighted by Gasteiger charge is -2.37. The van der Waals surface area contributed by atoms with Gasteiger partial charge in [0.1, 0.15) is 6.04 Å². The van der Waals surface area contributed by atoms with Crippen LogP contribution in [0.5, 0.6) is 0 Å². The number of rotatable bonds is 7. The van der Waals surface area contributed by atoms with Crippen molar-refractivity contribution in [2.75, 3.05) is 16.2 Å². The summed E-state index contributed by atoms with van der Waals surface area (Å²) in [6.07, 6.45) is 1.84. The highest BCUT2D eigenvalue weighted by Crippen LogP contribution is 2.38. The van der Waals surface area contributed by atoms with Gasteiger partial charge in [0.25, 0.3) is 10.0 Å². The normalized spacial score (nSPS) is 15.3. The van der Waals surface area contributed by atoms with Crippen LogP contribution in [-0.2, 0) is 26.0 Å². The predicted molar refractivity (Wildman–Crippen MR) is 135 cm³/mol. The van der Waals surface area contributed by atoms with Gasteiger partial charge < -0.3 is 10.6 Å². The van der Waals surface area contributed by atoms with Crippen LogP contribution >= 0.6 is 11.6 Å². The predicted octanol–water partition coefficient (Wildman–Crippen LogP) is 3.62. The summed E-state index contributed by atoms with van der Waals surface area (Å²) in [5, 5.41) is 5.94. The third kappa shape index (κ3) is 5.16. The van der Waals surface area contributed by atoms with E-state index in [-0.39, 0.29) is 11.3 Å². The number of carbonyl (C=O) groups excluding carboxylic acids is 2. The van der Waals surface area contributed by atoms with Crippen LogP contribution in [0.15, 0.2) is 65.7 Å². The first kappa shape index (κ1) is 24.7. The van der Waals surface area contributed by atoms with Crippen molar-refractivity contribution in [2.24, 2.45) is 0 Å². The molecule has 1 aliphatic heterocycles. The van der Waals surface area contributed by atoms with Crippen LogP contribution in [-0.4, -0.2) is 37.8 Å². The van der Waals surface area contributed by atoms with Crippen LogP contribution in [0.1, 0.15) is 23.2 Å². The van der Waals surface area contributed by atoms with E-state index in [0.29, 0.717) is 40.5 Å². The van der Waals surface area contributed by atoms with E-state index >= 15 is 0 Å². The van der Waals surface area contributed by atoms with Gasteiger partial charge in [-0.05, 0) is 61.4 Å². The molecular weight excluding hydrogens is 488 g/mol. The average Bonchev–Trinajstić information content (AvgIpc) is 2.82. The SMILES string of the molecule is Cc1cc(S(=O)(=O)N2c3ccccc3NC(=O)C2CC(=O)NCCc2ccccn2)c(C)cc1Cl. The monoisotopic (exact) mass is 512 g/mol. The molecule has 8 nitrogen and oxygen atoms in total. The summed E-state index contributed by atoms with van der Waals surface area (Å²) in [4.78, 5) is 30.1. The summed E-state index contributed by atoms with van der Waals surface area (Å²) in [5.41, 5.74) is 2.51. The number of amides is 2. The average molecular weight is 513 g/mol. The second-order valence-electron chi connectivity index (χ2n) is 8.32. The number of para-hydroxylation sites is 2. The Bertz CT molecular complexity index is 1380. The molecule has 1 aromatic heterocycles. The zero-order valence-corrected chi connectivity index (χ0v) is 20.9. The molecule has 10 heteroatoms. The molecule has 35 heavy (non-hydrogen) atoms. The van der Waals surface area contributed by atoms with Crippen molar-refractivity contribution in [3.8, 4) is 0 Å². The minimum atomic E-state index is -4.21. The molecule has 3 aromatic rings. The number of anilines is 2. The van der Waals surface area contributed by atoms with E-state index in [0.717, 1.165) is 10.00 Å². The number of fused-ring (bicyclic) bond motifs is 1. The molecule has 0 saturated carbocycles. The van der Waals surface area contributed by atoms with Gasteiger partial charge in [-0.2, -0.15) is 0 Å². The van der Waals surface area contributed by atoms with Gasteiger partial charge in [-0.25, -0.2) is 8.42 Å². The molecule has 1 unspecified atom stereocenters. The number of halogens is 1. The molecule has 0 fully saturated rings. The third-order valence-corrected chi connectivity index (χ3v) is 8.16. The number of hydrogen-bond acceptors (Lipinski definition) is 5. The van der Waals surface area contributed by atoms with E-state index in [9.17, 15) is 18.0 Å². The Morgan fingerprint density at radius 2 is 1.86 bits per heavy atom. The van der Waals surface area contributed by atoms with Crippen molar-refractivity contribution in [1.29, 1.82) is 0 Å². The number of nitrogens with one attached hydrogen (secondary N) is 2. The Hall–Kier alpha value is -3.43. The lowest BCUT2D eigenvalue weighted by molar-refractivity contribution is -0.125. The minimum Gasteiger partial charge on any atom is -0.356 e. The lowest BCUT2D eigenvalue weighted by atomic mass is 10.1. The molecule has 0 aliphatic carbocycles. The van der Waals surface area contributed by atoms with Gasteiger partial charge in [0, 0.05) is 29.9 Å². The van der Waals surface area contributed by atoms with Gasteiger partial charge in [-0.1, -0.05) is 29.8 Å². The van der Waals surface area contributed by atoms with E-state index in [2.05, 4.69) is 15.6 Å². The quantitative estimate of drug-likeness (QED) is 0.502. The zero-order chi connectivity index (χ0) is 25.2. The fraction of sp³-hybridized carbons (Fsp3) is 0.240. The number of pyridine rings is 1. The van der Waals surface area contributed by atoms with E-state index in [1.807, 2.05) is 12.1 Å². The largest absolute Gasteiger partial charge is 0.356 e.